The summed E-state index contributed by atoms with van der Waals surface area (Å²) in [5, 5.41) is 0. The Morgan fingerprint density at radius 3 is 2.62 bits per heavy atom. The van der Waals surface area contributed by atoms with Gasteiger partial charge in [0.05, 0.1) is 5.69 Å². The standard InChI is InChI=1S/C13H23N3/c1-4-16(12(3)9-11(2)14)10-13-7-5-6-8-15-13/h5-8,11-12H,4,9-10,14H2,1-3H3. The largest absolute Gasteiger partial charge is 0.328 e. The van der Waals surface area contributed by atoms with Crippen molar-refractivity contribution in [2.45, 2.75) is 45.8 Å². The molecule has 0 aliphatic heterocycles. The van der Waals surface area contributed by atoms with Crippen LogP contribution >= 0.6 is 0 Å². The van der Waals surface area contributed by atoms with Crippen LogP contribution < -0.4 is 5.73 Å². The maximum absolute atomic E-state index is 5.84. The number of hydrogen-bond donors (Lipinski definition) is 1. The minimum Gasteiger partial charge on any atom is -0.328 e. The molecule has 2 unspecified atom stereocenters. The number of nitrogens with zero attached hydrogens (tertiary/aromatic N) is 2. The second-order valence-electron chi connectivity index (χ2n) is 4.45. The van der Waals surface area contributed by atoms with Gasteiger partial charge in [0.15, 0.2) is 0 Å². The smallest absolute Gasteiger partial charge is 0.0544 e. The van der Waals surface area contributed by atoms with Crippen LogP contribution in [0.1, 0.15) is 32.9 Å². The van der Waals surface area contributed by atoms with E-state index in [9.17, 15) is 0 Å². The molecule has 0 saturated carbocycles. The van der Waals surface area contributed by atoms with Crippen LogP contribution in [0.2, 0.25) is 0 Å². The summed E-state index contributed by atoms with van der Waals surface area (Å²) in [5.74, 6) is 0. The molecule has 0 saturated heterocycles. The van der Waals surface area contributed by atoms with E-state index in [0.29, 0.717) is 6.04 Å². The van der Waals surface area contributed by atoms with Crippen molar-refractivity contribution in [3.63, 3.8) is 0 Å². The lowest BCUT2D eigenvalue weighted by molar-refractivity contribution is 0.193. The Kier molecular flexibility index (Phi) is 5.43. The van der Waals surface area contributed by atoms with Crippen LogP contribution in [0, 0.1) is 0 Å². The van der Waals surface area contributed by atoms with Gasteiger partial charge in [0.2, 0.25) is 0 Å². The molecular weight excluding hydrogens is 198 g/mol. The third-order valence-electron chi connectivity index (χ3n) is 2.83. The van der Waals surface area contributed by atoms with Crippen molar-refractivity contribution in [1.82, 2.24) is 9.88 Å². The van der Waals surface area contributed by atoms with Crippen molar-refractivity contribution >= 4 is 0 Å². The summed E-state index contributed by atoms with van der Waals surface area (Å²) < 4.78 is 0. The summed E-state index contributed by atoms with van der Waals surface area (Å²) in [6.07, 6.45) is 2.88. The fourth-order valence-electron chi connectivity index (χ4n) is 1.97. The molecule has 1 rings (SSSR count). The highest BCUT2D eigenvalue weighted by atomic mass is 15.2. The number of nitrogens with two attached hydrogens (primary N) is 1. The van der Waals surface area contributed by atoms with Gasteiger partial charge in [0, 0.05) is 24.8 Å². The first-order chi connectivity index (χ1) is 7.63. The van der Waals surface area contributed by atoms with Gasteiger partial charge in [-0.1, -0.05) is 13.0 Å². The number of rotatable bonds is 6. The van der Waals surface area contributed by atoms with Crippen LogP contribution in [0.4, 0.5) is 0 Å². The van der Waals surface area contributed by atoms with Crippen molar-refractivity contribution in [3.05, 3.63) is 30.1 Å². The Labute approximate surface area is 98.7 Å². The van der Waals surface area contributed by atoms with Gasteiger partial charge < -0.3 is 5.73 Å². The van der Waals surface area contributed by atoms with E-state index in [1.54, 1.807) is 0 Å². The molecule has 3 nitrogen and oxygen atoms in total. The van der Waals surface area contributed by atoms with E-state index in [2.05, 4.69) is 36.7 Å². The average Bonchev–Trinajstić information content (AvgIpc) is 2.26. The Morgan fingerprint density at radius 1 is 1.38 bits per heavy atom. The predicted molar refractivity (Wildman–Crippen MR) is 68.0 cm³/mol. The van der Waals surface area contributed by atoms with Gasteiger partial charge in [-0.15, -0.1) is 0 Å². The van der Waals surface area contributed by atoms with Crippen LogP contribution in [0.5, 0.6) is 0 Å². The van der Waals surface area contributed by atoms with E-state index < -0.39 is 0 Å². The third-order valence-corrected chi connectivity index (χ3v) is 2.83. The SMILES string of the molecule is CCN(Cc1ccccn1)C(C)CC(C)N. The lowest BCUT2D eigenvalue weighted by atomic mass is 10.1. The molecule has 0 aliphatic carbocycles. The Balaban J connectivity index is 2.55. The number of pyridine rings is 1. The predicted octanol–water partition coefficient (Wildman–Crippen LogP) is 2.03. The molecule has 2 N–H and O–H groups in total. The maximum atomic E-state index is 5.84. The van der Waals surface area contributed by atoms with Gasteiger partial charge in [-0.2, -0.15) is 0 Å². The lowest BCUT2D eigenvalue weighted by Crippen LogP contribution is -2.36. The summed E-state index contributed by atoms with van der Waals surface area (Å²) >= 11 is 0. The molecule has 16 heavy (non-hydrogen) atoms. The second-order valence-corrected chi connectivity index (χ2v) is 4.45. The Morgan fingerprint density at radius 2 is 2.12 bits per heavy atom. The van der Waals surface area contributed by atoms with E-state index in [4.69, 9.17) is 5.73 Å². The summed E-state index contributed by atoms with van der Waals surface area (Å²) in [5.41, 5.74) is 6.96. The fourth-order valence-corrected chi connectivity index (χ4v) is 1.97. The summed E-state index contributed by atoms with van der Waals surface area (Å²) in [7, 11) is 0. The minimum atomic E-state index is 0.257. The van der Waals surface area contributed by atoms with Gasteiger partial charge in [-0.25, -0.2) is 0 Å². The highest BCUT2D eigenvalue weighted by Gasteiger charge is 2.14. The van der Waals surface area contributed by atoms with Gasteiger partial charge in [-0.3, -0.25) is 9.88 Å². The first-order valence-electron chi connectivity index (χ1n) is 6.03. The van der Waals surface area contributed by atoms with Crippen LogP contribution in [0.3, 0.4) is 0 Å². The van der Waals surface area contributed by atoms with Gasteiger partial charge in [-0.05, 0) is 38.9 Å². The van der Waals surface area contributed by atoms with Crippen LogP contribution in [-0.4, -0.2) is 28.5 Å². The first kappa shape index (κ1) is 13.1. The minimum absolute atomic E-state index is 0.257. The zero-order valence-corrected chi connectivity index (χ0v) is 10.6. The van der Waals surface area contributed by atoms with Crippen molar-refractivity contribution < 1.29 is 0 Å². The van der Waals surface area contributed by atoms with Crippen LogP contribution in [0.15, 0.2) is 24.4 Å². The molecule has 0 radical (unpaired) electrons. The molecular formula is C13H23N3. The van der Waals surface area contributed by atoms with E-state index in [-0.39, 0.29) is 6.04 Å². The molecule has 1 aromatic rings. The van der Waals surface area contributed by atoms with Crippen LogP contribution in [0.25, 0.3) is 0 Å². The lowest BCUT2D eigenvalue weighted by Gasteiger charge is -2.28. The van der Waals surface area contributed by atoms with Crippen LogP contribution in [-0.2, 0) is 6.54 Å². The number of hydrogen-bond acceptors (Lipinski definition) is 3. The quantitative estimate of drug-likeness (QED) is 0.799. The maximum Gasteiger partial charge on any atom is 0.0544 e. The molecule has 3 heteroatoms. The monoisotopic (exact) mass is 221 g/mol. The summed E-state index contributed by atoms with van der Waals surface area (Å²) in [6, 6.07) is 6.82. The Hall–Kier alpha value is -0.930. The third kappa shape index (κ3) is 4.29. The second kappa shape index (κ2) is 6.61. The Bertz CT molecular complexity index is 284. The highest BCUT2D eigenvalue weighted by molar-refractivity contribution is 5.03. The molecule has 0 aliphatic rings. The summed E-state index contributed by atoms with van der Waals surface area (Å²) in [6.45, 7) is 8.41. The fraction of sp³-hybridized carbons (Fsp3) is 0.615. The topological polar surface area (TPSA) is 42.2 Å². The van der Waals surface area contributed by atoms with Crippen molar-refractivity contribution in [1.29, 1.82) is 0 Å². The van der Waals surface area contributed by atoms with E-state index >= 15 is 0 Å². The molecule has 0 fully saturated rings. The number of aromatic nitrogens is 1. The van der Waals surface area contributed by atoms with Crippen molar-refractivity contribution in [2.75, 3.05) is 6.54 Å². The van der Waals surface area contributed by atoms with Gasteiger partial charge >= 0.3 is 0 Å². The molecule has 1 heterocycles. The molecule has 90 valence electrons. The highest BCUT2D eigenvalue weighted by Crippen LogP contribution is 2.09. The van der Waals surface area contributed by atoms with Gasteiger partial charge in [0.1, 0.15) is 0 Å². The average molecular weight is 221 g/mol. The molecule has 2 atom stereocenters. The van der Waals surface area contributed by atoms with Crippen molar-refractivity contribution in [2.24, 2.45) is 5.73 Å². The van der Waals surface area contributed by atoms with E-state index in [1.165, 1.54) is 0 Å². The zero-order chi connectivity index (χ0) is 12.0. The van der Waals surface area contributed by atoms with Crippen molar-refractivity contribution in [3.8, 4) is 0 Å². The molecule has 1 aromatic heterocycles. The first-order valence-corrected chi connectivity index (χ1v) is 6.03. The molecule has 0 amide bonds. The van der Waals surface area contributed by atoms with E-state index in [1.807, 2.05) is 18.3 Å². The molecule has 0 bridgehead atoms. The summed E-state index contributed by atoms with van der Waals surface area (Å²) in [4.78, 5) is 6.76. The molecule has 0 spiro atoms. The van der Waals surface area contributed by atoms with Gasteiger partial charge in [0.25, 0.3) is 0 Å². The molecule has 0 aromatic carbocycles. The zero-order valence-electron chi connectivity index (χ0n) is 10.6. The van der Waals surface area contributed by atoms with E-state index in [0.717, 1.165) is 25.2 Å². The normalized spacial score (nSPS) is 15.1.